The molecule has 0 aromatic carbocycles. The standard InChI is InChI=1S/C12H18N4O2/c1-3-10-13-9(12(17)18)8-11(14-10)16-6-4-15(2)5-7-16/h8H,3-7H2,1-2H3,(H,17,18). The molecule has 0 saturated carbocycles. The number of piperazine rings is 1. The predicted molar refractivity (Wildman–Crippen MR) is 68.1 cm³/mol. The van der Waals surface area contributed by atoms with Gasteiger partial charge < -0.3 is 14.9 Å². The van der Waals surface area contributed by atoms with Gasteiger partial charge in [0, 0.05) is 38.7 Å². The highest BCUT2D eigenvalue weighted by atomic mass is 16.4. The van der Waals surface area contributed by atoms with Crippen LogP contribution in [0.4, 0.5) is 5.82 Å². The Kier molecular flexibility index (Phi) is 3.76. The van der Waals surface area contributed by atoms with Crippen molar-refractivity contribution >= 4 is 11.8 Å². The molecule has 18 heavy (non-hydrogen) atoms. The number of aryl methyl sites for hydroxylation is 1. The van der Waals surface area contributed by atoms with E-state index in [1.165, 1.54) is 0 Å². The monoisotopic (exact) mass is 250 g/mol. The van der Waals surface area contributed by atoms with Crippen molar-refractivity contribution in [2.75, 3.05) is 38.1 Å². The lowest BCUT2D eigenvalue weighted by molar-refractivity contribution is 0.0690. The van der Waals surface area contributed by atoms with Crippen LogP contribution in [0.1, 0.15) is 23.2 Å². The van der Waals surface area contributed by atoms with E-state index in [4.69, 9.17) is 5.11 Å². The maximum absolute atomic E-state index is 11.0. The number of carbonyl (C=O) groups is 1. The predicted octanol–water partition coefficient (Wildman–Crippen LogP) is 0.489. The summed E-state index contributed by atoms with van der Waals surface area (Å²) in [5.74, 6) is 0.318. The van der Waals surface area contributed by atoms with E-state index >= 15 is 0 Å². The first-order valence-corrected chi connectivity index (χ1v) is 6.15. The number of aromatic carboxylic acids is 1. The summed E-state index contributed by atoms with van der Waals surface area (Å²) in [5, 5.41) is 9.05. The van der Waals surface area contributed by atoms with Gasteiger partial charge in [0.05, 0.1) is 0 Å². The van der Waals surface area contributed by atoms with Gasteiger partial charge in [0.15, 0.2) is 5.69 Å². The molecule has 1 saturated heterocycles. The van der Waals surface area contributed by atoms with Gasteiger partial charge in [0.25, 0.3) is 0 Å². The van der Waals surface area contributed by atoms with Crippen LogP contribution in [0.25, 0.3) is 0 Å². The van der Waals surface area contributed by atoms with Crippen molar-refractivity contribution in [2.45, 2.75) is 13.3 Å². The molecule has 1 aromatic rings. The highest BCUT2D eigenvalue weighted by Gasteiger charge is 2.18. The molecule has 0 bridgehead atoms. The van der Waals surface area contributed by atoms with Crippen LogP contribution in [-0.4, -0.2) is 59.2 Å². The largest absolute Gasteiger partial charge is 0.477 e. The fourth-order valence-corrected chi connectivity index (χ4v) is 1.95. The molecule has 0 atom stereocenters. The number of carboxylic acid groups (broad SMARTS) is 1. The van der Waals surface area contributed by atoms with Crippen molar-refractivity contribution in [1.82, 2.24) is 14.9 Å². The number of aromatic nitrogens is 2. The van der Waals surface area contributed by atoms with Gasteiger partial charge in [-0.1, -0.05) is 6.92 Å². The lowest BCUT2D eigenvalue weighted by atomic mass is 10.3. The molecule has 1 aliphatic heterocycles. The summed E-state index contributed by atoms with van der Waals surface area (Å²) < 4.78 is 0. The first-order valence-electron chi connectivity index (χ1n) is 6.15. The molecule has 0 aliphatic carbocycles. The third-order valence-corrected chi connectivity index (χ3v) is 3.12. The van der Waals surface area contributed by atoms with Gasteiger partial charge in [-0.05, 0) is 7.05 Å². The molecule has 0 spiro atoms. The molecule has 2 rings (SSSR count). The molecule has 2 heterocycles. The van der Waals surface area contributed by atoms with E-state index < -0.39 is 5.97 Å². The van der Waals surface area contributed by atoms with Crippen LogP contribution in [0.15, 0.2) is 6.07 Å². The minimum atomic E-state index is -0.998. The summed E-state index contributed by atoms with van der Waals surface area (Å²) in [6.07, 6.45) is 0.641. The van der Waals surface area contributed by atoms with E-state index in [2.05, 4.69) is 26.8 Å². The first kappa shape index (κ1) is 12.8. The van der Waals surface area contributed by atoms with Crippen LogP contribution < -0.4 is 4.90 Å². The molecule has 0 unspecified atom stereocenters. The number of hydrogen-bond acceptors (Lipinski definition) is 5. The fourth-order valence-electron chi connectivity index (χ4n) is 1.95. The summed E-state index contributed by atoms with van der Waals surface area (Å²) >= 11 is 0. The third kappa shape index (κ3) is 2.76. The Morgan fingerprint density at radius 2 is 2.00 bits per heavy atom. The number of rotatable bonds is 3. The number of anilines is 1. The van der Waals surface area contributed by atoms with Gasteiger partial charge in [-0.15, -0.1) is 0 Å². The van der Waals surface area contributed by atoms with E-state index in [0.717, 1.165) is 32.0 Å². The minimum Gasteiger partial charge on any atom is -0.477 e. The number of nitrogens with zero attached hydrogens (tertiary/aromatic N) is 4. The van der Waals surface area contributed by atoms with Crippen LogP contribution in [0, 0.1) is 0 Å². The quantitative estimate of drug-likeness (QED) is 0.842. The molecular weight excluding hydrogens is 232 g/mol. The third-order valence-electron chi connectivity index (χ3n) is 3.12. The van der Waals surface area contributed by atoms with E-state index in [1.807, 2.05) is 6.92 Å². The van der Waals surface area contributed by atoms with Crippen molar-refractivity contribution in [3.8, 4) is 0 Å². The first-order chi connectivity index (χ1) is 8.60. The Bertz CT molecular complexity index is 442. The molecule has 0 amide bonds. The Morgan fingerprint density at radius 3 is 2.56 bits per heavy atom. The zero-order valence-electron chi connectivity index (χ0n) is 10.8. The van der Waals surface area contributed by atoms with Crippen molar-refractivity contribution in [1.29, 1.82) is 0 Å². The van der Waals surface area contributed by atoms with Crippen molar-refractivity contribution in [2.24, 2.45) is 0 Å². The van der Waals surface area contributed by atoms with Crippen molar-refractivity contribution < 1.29 is 9.90 Å². The summed E-state index contributed by atoms with van der Waals surface area (Å²) in [7, 11) is 2.08. The second-order valence-corrected chi connectivity index (χ2v) is 4.48. The lowest BCUT2D eigenvalue weighted by Crippen LogP contribution is -2.45. The Hall–Kier alpha value is -1.69. The van der Waals surface area contributed by atoms with Gasteiger partial charge in [0.2, 0.25) is 0 Å². The van der Waals surface area contributed by atoms with Crippen LogP contribution >= 0.6 is 0 Å². The molecular formula is C12H18N4O2. The van der Waals surface area contributed by atoms with Gasteiger partial charge in [-0.25, -0.2) is 14.8 Å². The van der Waals surface area contributed by atoms with Crippen LogP contribution in [0.3, 0.4) is 0 Å². The smallest absolute Gasteiger partial charge is 0.354 e. The van der Waals surface area contributed by atoms with Crippen LogP contribution in [0.2, 0.25) is 0 Å². The van der Waals surface area contributed by atoms with Crippen molar-refractivity contribution in [3.05, 3.63) is 17.6 Å². The van der Waals surface area contributed by atoms with E-state index in [1.54, 1.807) is 6.07 Å². The molecule has 98 valence electrons. The average molecular weight is 250 g/mol. The topological polar surface area (TPSA) is 69.6 Å². The van der Waals surface area contributed by atoms with Gasteiger partial charge >= 0.3 is 5.97 Å². The molecule has 1 N–H and O–H groups in total. The molecule has 6 nitrogen and oxygen atoms in total. The lowest BCUT2D eigenvalue weighted by Gasteiger charge is -2.33. The van der Waals surface area contributed by atoms with Gasteiger partial charge in [0.1, 0.15) is 11.6 Å². The van der Waals surface area contributed by atoms with Crippen LogP contribution in [-0.2, 0) is 6.42 Å². The van der Waals surface area contributed by atoms with Gasteiger partial charge in [-0.3, -0.25) is 0 Å². The minimum absolute atomic E-state index is 0.0794. The zero-order chi connectivity index (χ0) is 13.1. The average Bonchev–Trinajstić information content (AvgIpc) is 2.39. The summed E-state index contributed by atoms with van der Waals surface area (Å²) in [6, 6.07) is 1.56. The molecule has 6 heteroatoms. The molecule has 0 radical (unpaired) electrons. The highest BCUT2D eigenvalue weighted by molar-refractivity contribution is 5.86. The Labute approximate surface area is 106 Å². The highest BCUT2D eigenvalue weighted by Crippen LogP contribution is 2.15. The number of likely N-dealkylation sites (N-methyl/N-ethyl adjacent to an activating group) is 1. The SMILES string of the molecule is CCc1nc(C(=O)O)cc(N2CCN(C)CC2)n1. The summed E-state index contributed by atoms with van der Waals surface area (Å²) in [5.41, 5.74) is 0.0794. The summed E-state index contributed by atoms with van der Waals surface area (Å²) in [4.78, 5) is 23.8. The van der Waals surface area contributed by atoms with E-state index in [0.29, 0.717) is 12.2 Å². The maximum Gasteiger partial charge on any atom is 0.354 e. The van der Waals surface area contributed by atoms with Crippen molar-refractivity contribution in [3.63, 3.8) is 0 Å². The maximum atomic E-state index is 11.0. The van der Waals surface area contributed by atoms with Crippen LogP contribution in [0.5, 0.6) is 0 Å². The number of hydrogen-bond donors (Lipinski definition) is 1. The Balaban J connectivity index is 2.26. The van der Waals surface area contributed by atoms with E-state index in [-0.39, 0.29) is 5.69 Å². The normalized spacial score (nSPS) is 16.9. The molecule has 1 aromatic heterocycles. The van der Waals surface area contributed by atoms with Gasteiger partial charge in [-0.2, -0.15) is 0 Å². The zero-order valence-corrected chi connectivity index (χ0v) is 10.8. The second-order valence-electron chi connectivity index (χ2n) is 4.48. The fraction of sp³-hybridized carbons (Fsp3) is 0.583. The molecule has 1 fully saturated rings. The molecule has 1 aliphatic rings. The van der Waals surface area contributed by atoms with E-state index in [9.17, 15) is 4.79 Å². The summed E-state index contributed by atoms with van der Waals surface area (Å²) in [6.45, 7) is 5.60. The Morgan fingerprint density at radius 1 is 1.33 bits per heavy atom. The number of carboxylic acids is 1. The second kappa shape index (κ2) is 5.30.